The second-order valence-corrected chi connectivity index (χ2v) is 8.03. The number of fused-ring (bicyclic) bond motifs is 1. The monoisotopic (exact) mass is 395 g/mol. The van der Waals surface area contributed by atoms with Crippen LogP contribution in [0.25, 0.3) is 10.2 Å². The van der Waals surface area contributed by atoms with Crippen LogP contribution < -0.4 is 10.2 Å². The number of hydrogen-bond acceptors (Lipinski definition) is 6. The van der Waals surface area contributed by atoms with E-state index < -0.39 is 0 Å². The van der Waals surface area contributed by atoms with Crippen molar-refractivity contribution in [2.24, 2.45) is 0 Å². The topological polar surface area (TPSA) is 61.4 Å². The van der Waals surface area contributed by atoms with Gasteiger partial charge in [0.2, 0.25) is 11.9 Å². The van der Waals surface area contributed by atoms with Crippen molar-refractivity contribution in [3.8, 4) is 0 Å². The Morgan fingerprint density at radius 2 is 2.07 bits per heavy atom. The van der Waals surface area contributed by atoms with Gasteiger partial charge in [-0.3, -0.25) is 4.79 Å². The number of benzene rings is 1. The highest BCUT2D eigenvalue weighted by Gasteiger charge is 2.19. The number of carbonyl (C=O) groups excluding carboxylic acids is 1. The molecule has 28 heavy (non-hydrogen) atoms. The molecule has 146 valence electrons. The molecule has 1 fully saturated rings. The molecule has 0 bridgehead atoms. The van der Waals surface area contributed by atoms with Crippen molar-refractivity contribution in [2.75, 3.05) is 36.9 Å². The molecule has 3 heterocycles. The molecular formula is C21H25N5OS. The zero-order valence-electron chi connectivity index (χ0n) is 16.1. The molecule has 1 N–H and O–H groups in total. The van der Waals surface area contributed by atoms with E-state index in [9.17, 15) is 4.79 Å². The van der Waals surface area contributed by atoms with Crippen LogP contribution in [0.4, 0.5) is 11.8 Å². The Morgan fingerprint density at radius 1 is 1.21 bits per heavy atom. The first-order valence-electron chi connectivity index (χ1n) is 9.72. The highest BCUT2D eigenvalue weighted by Crippen LogP contribution is 2.28. The maximum Gasteiger partial charge on any atom is 0.227 e. The smallest absolute Gasteiger partial charge is 0.227 e. The standard InChI is InChI=1S/C21H25N5OS/c1-25(15-16-7-3-2-4-8-16)21-23-17-10-14-28-19(17)20(24-21)22-11-6-13-26-12-5-9-18(26)27/h2-4,7-8,10,14H,5-6,9,11-13,15H2,1H3,(H,22,23,24). The number of aromatic nitrogens is 2. The first kappa shape index (κ1) is 18.7. The van der Waals surface area contributed by atoms with E-state index in [0.29, 0.717) is 12.4 Å². The van der Waals surface area contributed by atoms with Gasteiger partial charge in [0.1, 0.15) is 5.82 Å². The predicted octanol–water partition coefficient (Wildman–Crippen LogP) is 3.75. The number of nitrogens with one attached hydrogen (secondary N) is 1. The van der Waals surface area contributed by atoms with Crippen molar-refractivity contribution in [1.29, 1.82) is 0 Å². The molecule has 7 heteroatoms. The quantitative estimate of drug-likeness (QED) is 0.589. The lowest BCUT2D eigenvalue weighted by atomic mass is 10.2. The van der Waals surface area contributed by atoms with Crippen LogP contribution >= 0.6 is 11.3 Å². The first-order chi connectivity index (χ1) is 13.7. The van der Waals surface area contributed by atoms with Crippen LogP contribution in [0, 0.1) is 0 Å². The second-order valence-electron chi connectivity index (χ2n) is 7.11. The van der Waals surface area contributed by atoms with Crippen molar-refractivity contribution in [3.63, 3.8) is 0 Å². The van der Waals surface area contributed by atoms with E-state index in [4.69, 9.17) is 9.97 Å². The highest BCUT2D eigenvalue weighted by atomic mass is 32.1. The van der Waals surface area contributed by atoms with Crippen LogP contribution in [0.15, 0.2) is 41.8 Å². The zero-order valence-corrected chi connectivity index (χ0v) is 16.9. The normalized spacial score (nSPS) is 14.0. The number of likely N-dealkylation sites (tertiary alicyclic amines) is 1. The molecular weight excluding hydrogens is 370 g/mol. The van der Waals surface area contributed by atoms with E-state index in [1.807, 2.05) is 36.2 Å². The Balaban J connectivity index is 1.43. The Bertz CT molecular complexity index is 942. The van der Waals surface area contributed by atoms with Crippen molar-refractivity contribution in [1.82, 2.24) is 14.9 Å². The summed E-state index contributed by atoms with van der Waals surface area (Å²) >= 11 is 1.65. The van der Waals surface area contributed by atoms with Crippen LogP contribution in [0.3, 0.4) is 0 Å². The predicted molar refractivity (Wildman–Crippen MR) is 115 cm³/mol. The fraction of sp³-hybridized carbons (Fsp3) is 0.381. The fourth-order valence-corrected chi connectivity index (χ4v) is 4.28. The Labute approximate surface area is 169 Å². The van der Waals surface area contributed by atoms with Crippen LogP contribution in [-0.2, 0) is 11.3 Å². The van der Waals surface area contributed by atoms with Gasteiger partial charge in [-0.05, 0) is 29.9 Å². The molecule has 1 aromatic carbocycles. The number of nitrogens with zero attached hydrogens (tertiary/aromatic N) is 4. The average Bonchev–Trinajstić information content (AvgIpc) is 3.34. The molecule has 0 radical (unpaired) electrons. The van der Waals surface area contributed by atoms with E-state index in [1.54, 1.807) is 11.3 Å². The Morgan fingerprint density at radius 3 is 2.86 bits per heavy atom. The van der Waals surface area contributed by atoms with E-state index in [-0.39, 0.29) is 5.91 Å². The molecule has 0 spiro atoms. The summed E-state index contributed by atoms with van der Waals surface area (Å²) in [7, 11) is 2.02. The maximum absolute atomic E-state index is 11.7. The summed E-state index contributed by atoms with van der Waals surface area (Å²) in [6.07, 6.45) is 2.61. The number of carbonyl (C=O) groups is 1. The summed E-state index contributed by atoms with van der Waals surface area (Å²) in [5.74, 6) is 1.88. The zero-order chi connectivity index (χ0) is 19.3. The molecule has 0 atom stereocenters. The minimum absolute atomic E-state index is 0.285. The molecule has 0 saturated carbocycles. The van der Waals surface area contributed by atoms with Crippen LogP contribution in [0.1, 0.15) is 24.8 Å². The molecule has 1 aliphatic rings. The number of anilines is 2. The average molecular weight is 396 g/mol. The summed E-state index contributed by atoms with van der Waals surface area (Å²) in [6.45, 7) is 3.25. The largest absolute Gasteiger partial charge is 0.369 e. The third-order valence-corrected chi connectivity index (χ3v) is 5.87. The second kappa shape index (κ2) is 8.56. The molecule has 2 aromatic heterocycles. The maximum atomic E-state index is 11.7. The summed E-state index contributed by atoms with van der Waals surface area (Å²) < 4.78 is 1.08. The van der Waals surface area contributed by atoms with Gasteiger partial charge in [-0.15, -0.1) is 11.3 Å². The molecule has 1 saturated heterocycles. The third-order valence-electron chi connectivity index (χ3n) is 4.96. The highest BCUT2D eigenvalue weighted by molar-refractivity contribution is 7.17. The minimum Gasteiger partial charge on any atom is -0.369 e. The van der Waals surface area contributed by atoms with Gasteiger partial charge in [0.15, 0.2) is 0 Å². The molecule has 4 rings (SSSR count). The molecule has 1 aliphatic heterocycles. The third kappa shape index (κ3) is 4.25. The van der Waals surface area contributed by atoms with Gasteiger partial charge < -0.3 is 15.1 Å². The molecule has 0 aliphatic carbocycles. The number of thiophene rings is 1. The van der Waals surface area contributed by atoms with Crippen LogP contribution in [0.5, 0.6) is 0 Å². The van der Waals surface area contributed by atoms with Crippen molar-refractivity contribution >= 4 is 39.2 Å². The van der Waals surface area contributed by atoms with Crippen molar-refractivity contribution in [2.45, 2.75) is 25.8 Å². The van der Waals surface area contributed by atoms with Crippen LogP contribution in [-0.4, -0.2) is 47.5 Å². The van der Waals surface area contributed by atoms with Crippen LogP contribution in [0.2, 0.25) is 0 Å². The fourth-order valence-electron chi connectivity index (χ4n) is 3.49. The summed E-state index contributed by atoms with van der Waals surface area (Å²) in [5.41, 5.74) is 2.19. The summed E-state index contributed by atoms with van der Waals surface area (Å²) in [6, 6.07) is 12.4. The first-order valence-corrected chi connectivity index (χ1v) is 10.6. The summed E-state index contributed by atoms with van der Waals surface area (Å²) in [5, 5.41) is 5.52. The van der Waals surface area contributed by atoms with Gasteiger partial charge in [-0.2, -0.15) is 4.98 Å². The lowest BCUT2D eigenvalue weighted by molar-refractivity contribution is -0.127. The van der Waals surface area contributed by atoms with Gasteiger partial charge in [0.25, 0.3) is 0 Å². The molecule has 6 nitrogen and oxygen atoms in total. The number of amides is 1. The van der Waals surface area contributed by atoms with Gasteiger partial charge >= 0.3 is 0 Å². The van der Waals surface area contributed by atoms with E-state index in [0.717, 1.165) is 55.1 Å². The molecule has 3 aromatic rings. The number of hydrogen-bond donors (Lipinski definition) is 1. The SMILES string of the molecule is CN(Cc1ccccc1)c1nc(NCCCN2CCCC2=O)c2sccc2n1. The van der Waals surface area contributed by atoms with E-state index in [1.165, 1.54) is 5.56 Å². The minimum atomic E-state index is 0.285. The lowest BCUT2D eigenvalue weighted by Gasteiger charge is -2.19. The number of rotatable bonds is 8. The molecule has 0 unspecified atom stereocenters. The van der Waals surface area contributed by atoms with Gasteiger partial charge in [0, 0.05) is 39.6 Å². The van der Waals surface area contributed by atoms with Gasteiger partial charge in [-0.1, -0.05) is 30.3 Å². The molecule has 1 amide bonds. The lowest BCUT2D eigenvalue weighted by Crippen LogP contribution is -2.27. The van der Waals surface area contributed by atoms with Gasteiger partial charge in [-0.25, -0.2) is 4.98 Å². The van der Waals surface area contributed by atoms with Crippen molar-refractivity contribution in [3.05, 3.63) is 47.3 Å². The summed E-state index contributed by atoms with van der Waals surface area (Å²) in [4.78, 5) is 25.3. The van der Waals surface area contributed by atoms with E-state index in [2.05, 4.69) is 27.7 Å². The van der Waals surface area contributed by atoms with Gasteiger partial charge in [0.05, 0.1) is 10.2 Å². The Kier molecular flexibility index (Phi) is 5.71. The van der Waals surface area contributed by atoms with E-state index >= 15 is 0 Å². The van der Waals surface area contributed by atoms with Crippen molar-refractivity contribution < 1.29 is 4.79 Å². The Hall–Kier alpha value is -2.67.